The van der Waals surface area contributed by atoms with Gasteiger partial charge in [0.2, 0.25) is 0 Å². The molecule has 2 aromatic carbocycles. The van der Waals surface area contributed by atoms with Crippen LogP contribution in [0, 0.1) is 6.92 Å². The molecule has 0 fully saturated rings. The second-order valence-corrected chi connectivity index (χ2v) is 4.00. The Morgan fingerprint density at radius 2 is 1.81 bits per heavy atom. The SMILES string of the molecule is Cc1cccc2c1OC(c1ccccc1)N2. The van der Waals surface area contributed by atoms with Crippen LogP contribution in [0.1, 0.15) is 17.4 Å². The molecular formula is C14H13NO. The third-order valence-corrected chi connectivity index (χ3v) is 2.84. The molecule has 0 aliphatic carbocycles. The van der Waals surface area contributed by atoms with Gasteiger partial charge in [-0.25, -0.2) is 0 Å². The van der Waals surface area contributed by atoms with E-state index in [2.05, 4.69) is 30.4 Å². The summed E-state index contributed by atoms with van der Waals surface area (Å²) in [4.78, 5) is 0. The molecule has 3 rings (SSSR count). The Morgan fingerprint density at radius 3 is 2.56 bits per heavy atom. The van der Waals surface area contributed by atoms with E-state index in [1.54, 1.807) is 0 Å². The van der Waals surface area contributed by atoms with Crippen molar-refractivity contribution in [2.75, 3.05) is 5.32 Å². The lowest BCUT2D eigenvalue weighted by Gasteiger charge is -2.11. The molecule has 2 nitrogen and oxygen atoms in total. The number of aryl methyl sites for hydroxylation is 1. The van der Waals surface area contributed by atoms with E-state index in [1.165, 1.54) is 5.56 Å². The summed E-state index contributed by atoms with van der Waals surface area (Å²) < 4.78 is 5.91. The molecule has 1 atom stereocenters. The van der Waals surface area contributed by atoms with Crippen LogP contribution in [0.2, 0.25) is 0 Å². The van der Waals surface area contributed by atoms with Gasteiger partial charge in [-0.05, 0) is 18.6 Å². The third-order valence-electron chi connectivity index (χ3n) is 2.84. The summed E-state index contributed by atoms with van der Waals surface area (Å²) in [5, 5.41) is 3.37. The van der Waals surface area contributed by atoms with Gasteiger partial charge in [0.25, 0.3) is 0 Å². The summed E-state index contributed by atoms with van der Waals surface area (Å²) in [5.74, 6) is 0.969. The van der Waals surface area contributed by atoms with Gasteiger partial charge >= 0.3 is 0 Å². The summed E-state index contributed by atoms with van der Waals surface area (Å²) in [7, 11) is 0. The lowest BCUT2D eigenvalue weighted by Crippen LogP contribution is -2.09. The van der Waals surface area contributed by atoms with Crippen LogP contribution in [0.5, 0.6) is 5.75 Å². The first-order valence-electron chi connectivity index (χ1n) is 5.42. The lowest BCUT2D eigenvalue weighted by molar-refractivity contribution is 0.258. The first-order chi connectivity index (χ1) is 7.84. The van der Waals surface area contributed by atoms with E-state index >= 15 is 0 Å². The minimum absolute atomic E-state index is 0.0581. The molecule has 1 N–H and O–H groups in total. The zero-order valence-corrected chi connectivity index (χ0v) is 9.10. The predicted octanol–water partition coefficient (Wildman–Crippen LogP) is 3.50. The van der Waals surface area contributed by atoms with Gasteiger partial charge in [0.1, 0.15) is 5.75 Å². The van der Waals surface area contributed by atoms with Crippen molar-refractivity contribution in [3.8, 4) is 5.75 Å². The molecule has 80 valence electrons. The highest BCUT2D eigenvalue weighted by molar-refractivity contribution is 5.63. The average molecular weight is 211 g/mol. The van der Waals surface area contributed by atoms with Crippen molar-refractivity contribution in [1.82, 2.24) is 0 Å². The van der Waals surface area contributed by atoms with Gasteiger partial charge in [-0.2, -0.15) is 0 Å². The molecule has 1 unspecified atom stereocenters. The van der Waals surface area contributed by atoms with E-state index in [-0.39, 0.29) is 6.23 Å². The van der Waals surface area contributed by atoms with Crippen molar-refractivity contribution in [2.24, 2.45) is 0 Å². The van der Waals surface area contributed by atoms with Crippen LogP contribution in [0.25, 0.3) is 0 Å². The Morgan fingerprint density at radius 1 is 1.00 bits per heavy atom. The predicted molar refractivity (Wildman–Crippen MR) is 64.6 cm³/mol. The van der Waals surface area contributed by atoms with Crippen LogP contribution in [-0.2, 0) is 0 Å². The van der Waals surface area contributed by atoms with Crippen molar-refractivity contribution in [2.45, 2.75) is 13.2 Å². The Hall–Kier alpha value is -1.96. The Balaban J connectivity index is 1.94. The van der Waals surface area contributed by atoms with Gasteiger partial charge < -0.3 is 10.1 Å². The van der Waals surface area contributed by atoms with Crippen LogP contribution in [0.3, 0.4) is 0 Å². The smallest absolute Gasteiger partial charge is 0.196 e. The Kier molecular flexibility index (Phi) is 2.07. The number of nitrogens with one attached hydrogen (secondary N) is 1. The van der Waals surface area contributed by atoms with Crippen LogP contribution < -0.4 is 10.1 Å². The number of benzene rings is 2. The maximum Gasteiger partial charge on any atom is 0.196 e. The van der Waals surface area contributed by atoms with Crippen LogP contribution in [0.4, 0.5) is 5.69 Å². The standard InChI is InChI=1S/C14H13NO/c1-10-6-5-9-12-13(10)16-14(15-12)11-7-3-2-4-8-11/h2-9,14-15H,1H3. The van der Waals surface area contributed by atoms with E-state index in [0.717, 1.165) is 17.0 Å². The number of fused-ring (bicyclic) bond motifs is 1. The van der Waals surface area contributed by atoms with Gasteiger partial charge in [-0.15, -0.1) is 0 Å². The highest BCUT2D eigenvalue weighted by atomic mass is 16.5. The molecule has 0 aromatic heterocycles. The van der Waals surface area contributed by atoms with Crippen molar-refractivity contribution in [3.63, 3.8) is 0 Å². The first-order valence-corrected chi connectivity index (χ1v) is 5.42. The summed E-state index contributed by atoms with van der Waals surface area (Å²) in [5.41, 5.74) is 3.40. The maximum absolute atomic E-state index is 5.91. The first kappa shape index (κ1) is 9.28. The molecule has 1 aliphatic rings. The number of para-hydroxylation sites is 1. The van der Waals surface area contributed by atoms with E-state index in [1.807, 2.05) is 30.3 Å². The summed E-state index contributed by atoms with van der Waals surface area (Å²) in [6, 6.07) is 16.3. The minimum Gasteiger partial charge on any atom is -0.464 e. The second kappa shape index (κ2) is 3.56. The number of hydrogen-bond acceptors (Lipinski definition) is 2. The molecule has 16 heavy (non-hydrogen) atoms. The lowest BCUT2D eigenvalue weighted by atomic mass is 10.2. The Labute approximate surface area is 94.9 Å². The summed E-state index contributed by atoms with van der Waals surface area (Å²) in [6.45, 7) is 2.06. The molecule has 1 heterocycles. The fourth-order valence-corrected chi connectivity index (χ4v) is 1.99. The topological polar surface area (TPSA) is 21.3 Å². The van der Waals surface area contributed by atoms with Gasteiger partial charge in [-0.1, -0.05) is 42.5 Å². The van der Waals surface area contributed by atoms with Gasteiger partial charge in [0, 0.05) is 5.56 Å². The van der Waals surface area contributed by atoms with Crippen molar-refractivity contribution >= 4 is 5.69 Å². The monoisotopic (exact) mass is 211 g/mol. The third kappa shape index (κ3) is 1.43. The fourth-order valence-electron chi connectivity index (χ4n) is 1.99. The van der Waals surface area contributed by atoms with E-state index in [4.69, 9.17) is 4.74 Å². The normalized spacial score (nSPS) is 17.4. The molecule has 1 aliphatic heterocycles. The minimum atomic E-state index is -0.0581. The van der Waals surface area contributed by atoms with Gasteiger partial charge in [0.15, 0.2) is 6.23 Å². The largest absolute Gasteiger partial charge is 0.464 e. The second-order valence-electron chi connectivity index (χ2n) is 4.00. The molecule has 0 radical (unpaired) electrons. The average Bonchev–Trinajstić information content (AvgIpc) is 2.76. The molecule has 2 heteroatoms. The van der Waals surface area contributed by atoms with Crippen LogP contribution in [0.15, 0.2) is 48.5 Å². The molecule has 2 aromatic rings. The quantitative estimate of drug-likeness (QED) is 0.779. The Bertz CT molecular complexity index is 507. The molecule has 0 saturated heterocycles. The summed E-state index contributed by atoms with van der Waals surface area (Å²) in [6.07, 6.45) is -0.0581. The highest BCUT2D eigenvalue weighted by Gasteiger charge is 2.23. The fraction of sp³-hybridized carbons (Fsp3) is 0.143. The van der Waals surface area contributed by atoms with E-state index in [0.29, 0.717) is 0 Å². The molecule has 0 amide bonds. The maximum atomic E-state index is 5.91. The van der Waals surface area contributed by atoms with Gasteiger partial charge in [0.05, 0.1) is 5.69 Å². The summed E-state index contributed by atoms with van der Waals surface area (Å²) >= 11 is 0. The zero-order valence-electron chi connectivity index (χ0n) is 9.10. The molecule has 0 bridgehead atoms. The van der Waals surface area contributed by atoms with Crippen molar-refractivity contribution in [3.05, 3.63) is 59.7 Å². The van der Waals surface area contributed by atoms with E-state index < -0.39 is 0 Å². The molecular weight excluding hydrogens is 198 g/mol. The number of rotatable bonds is 1. The van der Waals surface area contributed by atoms with Gasteiger partial charge in [-0.3, -0.25) is 0 Å². The zero-order chi connectivity index (χ0) is 11.0. The number of ether oxygens (including phenoxy) is 1. The van der Waals surface area contributed by atoms with Crippen LogP contribution >= 0.6 is 0 Å². The highest BCUT2D eigenvalue weighted by Crippen LogP contribution is 2.39. The van der Waals surface area contributed by atoms with Crippen molar-refractivity contribution in [1.29, 1.82) is 0 Å². The van der Waals surface area contributed by atoms with Crippen molar-refractivity contribution < 1.29 is 4.74 Å². The number of anilines is 1. The van der Waals surface area contributed by atoms with Crippen LogP contribution in [-0.4, -0.2) is 0 Å². The van der Waals surface area contributed by atoms with E-state index in [9.17, 15) is 0 Å². The number of hydrogen-bond donors (Lipinski definition) is 1. The molecule has 0 saturated carbocycles. The molecule has 0 spiro atoms.